The molecule has 0 unspecified atom stereocenters. The first-order valence-corrected chi connectivity index (χ1v) is 9.04. The summed E-state index contributed by atoms with van der Waals surface area (Å²) < 4.78 is 11.7. The highest BCUT2D eigenvalue weighted by Gasteiger charge is 2.32. The maximum absolute atomic E-state index is 5.91. The Kier molecular flexibility index (Phi) is 4.55. The molecular weight excluding hydrogens is 310 g/mol. The average Bonchev–Trinajstić information content (AvgIpc) is 3.28. The maximum atomic E-state index is 5.91. The van der Waals surface area contributed by atoms with Crippen molar-refractivity contribution >= 4 is 16.5 Å². The molecular formula is C17H21N3O2S. The maximum Gasteiger partial charge on any atom is 0.208 e. The number of morpholine rings is 1. The minimum Gasteiger partial charge on any atom is -0.375 e. The van der Waals surface area contributed by atoms with Gasteiger partial charge in [-0.05, 0) is 18.4 Å². The quantitative estimate of drug-likeness (QED) is 0.861. The minimum absolute atomic E-state index is 0.160. The predicted molar refractivity (Wildman–Crippen MR) is 90.1 cm³/mol. The Hall–Kier alpha value is -1.50. The molecule has 5 nitrogen and oxygen atoms in total. The molecule has 6 heteroatoms. The summed E-state index contributed by atoms with van der Waals surface area (Å²) in [6.45, 7) is 3.33. The van der Waals surface area contributed by atoms with E-state index in [2.05, 4.69) is 39.4 Å². The van der Waals surface area contributed by atoms with E-state index in [9.17, 15) is 0 Å². The van der Waals surface area contributed by atoms with Gasteiger partial charge in [0.15, 0.2) is 0 Å². The van der Waals surface area contributed by atoms with E-state index < -0.39 is 0 Å². The summed E-state index contributed by atoms with van der Waals surface area (Å²) in [6, 6.07) is 10.4. The van der Waals surface area contributed by atoms with Gasteiger partial charge in [-0.2, -0.15) is 0 Å². The lowest BCUT2D eigenvalue weighted by Crippen LogP contribution is -2.47. The number of hydrogen-bond acceptors (Lipinski definition) is 6. The van der Waals surface area contributed by atoms with Crippen molar-refractivity contribution in [2.24, 2.45) is 0 Å². The van der Waals surface area contributed by atoms with Gasteiger partial charge in [-0.15, -0.1) is 10.2 Å². The van der Waals surface area contributed by atoms with Crippen LogP contribution in [0.25, 0.3) is 0 Å². The molecule has 3 heterocycles. The first kappa shape index (κ1) is 15.1. The van der Waals surface area contributed by atoms with Crippen molar-refractivity contribution < 1.29 is 9.47 Å². The van der Waals surface area contributed by atoms with Crippen LogP contribution in [-0.2, 0) is 15.9 Å². The third-order valence-electron chi connectivity index (χ3n) is 4.40. The Morgan fingerprint density at radius 2 is 1.96 bits per heavy atom. The van der Waals surface area contributed by atoms with E-state index in [1.165, 1.54) is 5.56 Å². The van der Waals surface area contributed by atoms with Crippen LogP contribution in [0.3, 0.4) is 0 Å². The number of rotatable bonds is 4. The summed E-state index contributed by atoms with van der Waals surface area (Å²) in [5.41, 5.74) is 1.27. The van der Waals surface area contributed by atoms with E-state index in [1.54, 1.807) is 11.3 Å². The van der Waals surface area contributed by atoms with E-state index in [4.69, 9.17) is 9.47 Å². The highest BCUT2D eigenvalue weighted by Crippen LogP contribution is 2.27. The summed E-state index contributed by atoms with van der Waals surface area (Å²) >= 11 is 1.69. The van der Waals surface area contributed by atoms with Crippen LogP contribution in [0.4, 0.5) is 5.13 Å². The topological polar surface area (TPSA) is 47.5 Å². The van der Waals surface area contributed by atoms with E-state index in [-0.39, 0.29) is 12.2 Å². The van der Waals surface area contributed by atoms with Crippen molar-refractivity contribution in [2.75, 3.05) is 31.2 Å². The van der Waals surface area contributed by atoms with E-state index >= 15 is 0 Å². The highest BCUT2D eigenvalue weighted by atomic mass is 32.1. The molecule has 2 aliphatic rings. The zero-order valence-corrected chi connectivity index (χ0v) is 13.9. The second kappa shape index (κ2) is 6.95. The number of anilines is 1. The molecule has 2 saturated heterocycles. The lowest BCUT2D eigenvalue weighted by molar-refractivity contribution is -0.0543. The molecule has 23 heavy (non-hydrogen) atoms. The molecule has 122 valence electrons. The summed E-state index contributed by atoms with van der Waals surface area (Å²) in [4.78, 5) is 2.29. The van der Waals surface area contributed by atoms with Crippen molar-refractivity contribution in [2.45, 2.75) is 31.5 Å². The lowest BCUT2D eigenvalue weighted by Gasteiger charge is -2.34. The van der Waals surface area contributed by atoms with Gasteiger partial charge in [0.05, 0.1) is 12.7 Å². The van der Waals surface area contributed by atoms with Crippen LogP contribution in [0.5, 0.6) is 0 Å². The zero-order valence-electron chi connectivity index (χ0n) is 13.1. The Balaban J connectivity index is 1.41. The molecule has 0 spiro atoms. The largest absolute Gasteiger partial charge is 0.375 e. The van der Waals surface area contributed by atoms with Crippen LogP contribution in [0.2, 0.25) is 0 Å². The van der Waals surface area contributed by atoms with Gasteiger partial charge < -0.3 is 14.4 Å². The number of benzene rings is 1. The standard InChI is InChI=1S/C17H21N3O2S/c1-2-5-13(6-3-1)11-16-18-19-17(23-16)20-8-10-22-15(12-20)14-7-4-9-21-14/h1-3,5-6,14-15H,4,7-12H2/t14-,15-/m0/s1. The molecule has 0 bridgehead atoms. The van der Waals surface area contributed by atoms with E-state index in [0.29, 0.717) is 0 Å². The average molecular weight is 331 g/mol. The smallest absolute Gasteiger partial charge is 0.208 e. The van der Waals surface area contributed by atoms with Crippen LogP contribution in [0.1, 0.15) is 23.4 Å². The molecule has 1 aromatic heterocycles. The molecule has 0 amide bonds. The summed E-state index contributed by atoms with van der Waals surface area (Å²) in [6.07, 6.45) is 3.50. The van der Waals surface area contributed by atoms with E-state index in [1.807, 2.05) is 6.07 Å². The zero-order chi connectivity index (χ0) is 15.5. The molecule has 4 rings (SSSR count). The Morgan fingerprint density at radius 1 is 1.09 bits per heavy atom. The molecule has 0 saturated carbocycles. The summed E-state index contributed by atoms with van der Waals surface area (Å²) in [7, 11) is 0. The monoisotopic (exact) mass is 331 g/mol. The van der Waals surface area contributed by atoms with Gasteiger partial charge in [0, 0.05) is 26.1 Å². The number of nitrogens with zero attached hydrogens (tertiary/aromatic N) is 3. The number of aromatic nitrogens is 2. The molecule has 2 aromatic rings. The number of hydrogen-bond donors (Lipinski definition) is 0. The van der Waals surface area contributed by atoms with Gasteiger partial charge in [0.1, 0.15) is 11.1 Å². The fourth-order valence-electron chi connectivity index (χ4n) is 3.18. The second-order valence-electron chi connectivity index (χ2n) is 6.05. The van der Waals surface area contributed by atoms with Crippen molar-refractivity contribution in [1.29, 1.82) is 0 Å². The van der Waals surface area contributed by atoms with Crippen molar-refractivity contribution in [3.8, 4) is 0 Å². The fourth-order valence-corrected chi connectivity index (χ4v) is 4.09. The van der Waals surface area contributed by atoms with Crippen LogP contribution in [0, 0.1) is 0 Å². The van der Waals surface area contributed by atoms with E-state index in [0.717, 1.165) is 55.7 Å². The first-order chi connectivity index (χ1) is 11.4. The van der Waals surface area contributed by atoms with Gasteiger partial charge in [0.2, 0.25) is 5.13 Å². The molecule has 0 aliphatic carbocycles. The predicted octanol–water partition coefficient (Wildman–Crippen LogP) is 2.51. The highest BCUT2D eigenvalue weighted by molar-refractivity contribution is 7.15. The van der Waals surface area contributed by atoms with Gasteiger partial charge in [-0.25, -0.2) is 0 Å². The molecule has 2 aliphatic heterocycles. The Bertz CT molecular complexity index is 628. The van der Waals surface area contributed by atoms with Gasteiger partial charge in [-0.1, -0.05) is 41.7 Å². The molecule has 0 radical (unpaired) electrons. The number of ether oxygens (including phenoxy) is 2. The molecule has 2 atom stereocenters. The van der Waals surface area contributed by atoms with Crippen LogP contribution >= 0.6 is 11.3 Å². The molecule has 1 aromatic carbocycles. The van der Waals surface area contributed by atoms with Gasteiger partial charge >= 0.3 is 0 Å². The molecule has 0 N–H and O–H groups in total. The fraction of sp³-hybridized carbons (Fsp3) is 0.529. The van der Waals surface area contributed by atoms with Crippen molar-refractivity contribution in [1.82, 2.24) is 10.2 Å². The van der Waals surface area contributed by atoms with Crippen molar-refractivity contribution in [3.05, 3.63) is 40.9 Å². The van der Waals surface area contributed by atoms with Crippen LogP contribution in [0.15, 0.2) is 30.3 Å². The summed E-state index contributed by atoms with van der Waals surface area (Å²) in [5, 5.41) is 10.8. The minimum atomic E-state index is 0.160. The Labute approximate surface area is 140 Å². The third-order valence-corrected chi connectivity index (χ3v) is 5.38. The normalized spacial score (nSPS) is 25.0. The van der Waals surface area contributed by atoms with Crippen molar-refractivity contribution in [3.63, 3.8) is 0 Å². The third kappa shape index (κ3) is 3.54. The summed E-state index contributed by atoms with van der Waals surface area (Å²) in [5.74, 6) is 0. The van der Waals surface area contributed by atoms with Gasteiger partial charge in [0.25, 0.3) is 0 Å². The van der Waals surface area contributed by atoms with Gasteiger partial charge in [-0.3, -0.25) is 0 Å². The lowest BCUT2D eigenvalue weighted by atomic mass is 10.1. The first-order valence-electron chi connectivity index (χ1n) is 8.23. The second-order valence-corrected chi connectivity index (χ2v) is 7.09. The Morgan fingerprint density at radius 3 is 2.78 bits per heavy atom. The van der Waals surface area contributed by atoms with Crippen LogP contribution in [-0.4, -0.2) is 48.7 Å². The van der Waals surface area contributed by atoms with Crippen LogP contribution < -0.4 is 4.90 Å². The SMILES string of the molecule is c1ccc(Cc2nnc(N3CCO[C@H]([C@@H]4CCCO4)C3)s2)cc1. The molecule has 2 fully saturated rings.